The highest BCUT2D eigenvalue weighted by molar-refractivity contribution is 5.24. The Kier molecular flexibility index (Phi) is 7.23. The minimum atomic E-state index is 0.636. The Hall–Kier alpha value is -1.22. The number of benzene rings is 1. The van der Waals surface area contributed by atoms with Gasteiger partial charge in [-0.05, 0) is 30.4 Å². The summed E-state index contributed by atoms with van der Waals surface area (Å²) in [6.07, 6.45) is 16.9. The summed E-state index contributed by atoms with van der Waals surface area (Å²) in [5.74, 6) is 2.43. The second-order valence-corrected chi connectivity index (χ2v) is 4.69. The highest BCUT2D eigenvalue weighted by Crippen LogP contribution is 2.11. The zero-order valence-electron chi connectivity index (χ0n) is 11.0. The molecule has 0 atom stereocenters. The van der Waals surface area contributed by atoms with E-state index in [1.54, 1.807) is 0 Å². The molecule has 0 amide bonds. The quantitative estimate of drug-likeness (QED) is 0.445. The van der Waals surface area contributed by atoms with Crippen LogP contribution in [0, 0.1) is 12.3 Å². The van der Waals surface area contributed by atoms with E-state index in [2.05, 4.69) is 37.1 Å². The van der Waals surface area contributed by atoms with Crippen LogP contribution in [0.2, 0.25) is 0 Å². The maximum Gasteiger partial charge on any atom is 0.0350 e. The highest BCUT2D eigenvalue weighted by Gasteiger charge is 1.95. The average Bonchev–Trinajstić information content (AvgIpc) is 2.36. The minimum Gasteiger partial charge on any atom is -0.0843 e. The Morgan fingerprint density at radius 1 is 0.882 bits per heavy atom. The van der Waals surface area contributed by atoms with Crippen molar-refractivity contribution in [2.75, 3.05) is 0 Å². The molecule has 0 saturated carbocycles. The lowest BCUT2D eigenvalue weighted by molar-refractivity contribution is 0.607. The fourth-order valence-electron chi connectivity index (χ4n) is 2.04. The Labute approximate surface area is 106 Å². The second kappa shape index (κ2) is 8.88. The van der Waals surface area contributed by atoms with Crippen LogP contribution in [0.15, 0.2) is 24.3 Å². The van der Waals surface area contributed by atoms with E-state index >= 15 is 0 Å². The first-order valence-corrected chi connectivity index (χ1v) is 6.84. The van der Waals surface area contributed by atoms with Gasteiger partial charge < -0.3 is 0 Å². The molecule has 0 aliphatic rings. The van der Waals surface area contributed by atoms with Crippen molar-refractivity contribution in [1.82, 2.24) is 0 Å². The molecule has 1 aromatic rings. The van der Waals surface area contributed by atoms with Gasteiger partial charge in [0.15, 0.2) is 0 Å². The van der Waals surface area contributed by atoms with Gasteiger partial charge in [0.1, 0.15) is 0 Å². The molecule has 0 aliphatic heterocycles. The van der Waals surface area contributed by atoms with Gasteiger partial charge >= 0.3 is 0 Å². The molecule has 1 radical (unpaired) electrons. The zero-order valence-corrected chi connectivity index (χ0v) is 11.0. The van der Waals surface area contributed by atoms with Crippen molar-refractivity contribution in [2.24, 2.45) is 0 Å². The van der Waals surface area contributed by atoms with Gasteiger partial charge in [0.2, 0.25) is 0 Å². The molecule has 0 heterocycles. The van der Waals surface area contributed by atoms with Crippen molar-refractivity contribution in [3.05, 3.63) is 41.8 Å². The Bertz CT molecular complexity index is 326. The summed E-state index contributed by atoms with van der Waals surface area (Å²) in [5.41, 5.74) is 2.61. The molecule has 0 aliphatic carbocycles. The summed E-state index contributed by atoms with van der Waals surface area (Å²) in [4.78, 5) is 0. The number of hydrogen-bond acceptors (Lipinski definition) is 0. The summed E-state index contributed by atoms with van der Waals surface area (Å²) < 4.78 is 0. The van der Waals surface area contributed by atoms with E-state index < -0.39 is 0 Å². The van der Waals surface area contributed by atoms with Crippen LogP contribution in [-0.4, -0.2) is 0 Å². The van der Waals surface area contributed by atoms with Crippen molar-refractivity contribution in [1.29, 1.82) is 0 Å². The highest BCUT2D eigenvalue weighted by atomic mass is 14.0. The second-order valence-electron chi connectivity index (χ2n) is 4.69. The fourth-order valence-corrected chi connectivity index (χ4v) is 2.04. The smallest absolute Gasteiger partial charge is 0.0350 e. The molecule has 0 nitrogen and oxygen atoms in total. The van der Waals surface area contributed by atoms with E-state index in [0.717, 1.165) is 0 Å². The molecule has 0 spiro atoms. The zero-order chi connectivity index (χ0) is 12.3. The van der Waals surface area contributed by atoms with Crippen molar-refractivity contribution in [2.45, 2.75) is 58.3 Å². The number of aryl methyl sites for hydroxylation is 1. The number of unbranched alkanes of at least 4 members (excludes halogenated alkanes) is 5. The summed E-state index contributed by atoms with van der Waals surface area (Å²) in [6.45, 7) is 2.26. The van der Waals surface area contributed by atoms with Crippen LogP contribution in [0.4, 0.5) is 0 Å². The van der Waals surface area contributed by atoms with Crippen molar-refractivity contribution < 1.29 is 0 Å². The van der Waals surface area contributed by atoms with E-state index in [4.69, 9.17) is 6.42 Å². The van der Waals surface area contributed by atoms with E-state index in [-0.39, 0.29) is 0 Å². The van der Waals surface area contributed by atoms with Gasteiger partial charge in [0.05, 0.1) is 0 Å². The summed E-state index contributed by atoms with van der Waals surface area (Å²) in [5, 5.41) is 0. The van der Waals surface area contributed by atoms with Crippen LogP contribution in [0.1, 0.15) is 56.6 Å². The van der Waals surface area contributed by atoms with Crippen LogP contribution in [0.25, 0.3) is 0 Å². The molecular weight excluding hydrogens is 204 g/mol. The van der Waals surface area contributed by atoms with Gasteiger partial charge in [0.25, 0.3) is 0 Å². The van der Waals surface area contributed by atoms with Crippen LogP contribution in [-0.2, 0) is 12.8 Å². The first-order valence-electron chi connectivity index (χ1n) is 6.84. The monoisotopic (exact) mass is 227 g/mol. The molecule has 17 heavy (non-hydrogen) atoms. The van der Waals surface area contributed by atoms with Crippen molar-refractivity contribution in [3.63, 3.8) is 0 Å². The van der Waals surface area contributed by atoms with Gasteiger partial charge in [0, 0.05) is 6.42 Å². The number of rotatable bonds is 8. The van der Waals surface area contributed by atoms with Gasteiger partial charge in [-0.2, -0.15) is 0 Å². The third-order valence-corrected chi connectivity index (χ3v) is 3.13. The first-order chi connectivity index (χ1) is 8.36. The van der Waals surface area contributed by atoms with Crippen LogP contribution < -0.4 is 0 Å². The minimum absolute atomic E-state index is 0.636. The van der Waals surface area contributed by atoms with Crippen molar-refractivity contribution in [3.8, 4) is 5.92 Å². The molecule has 0 heteroatoms. The lowest BCUT2D eigenvalue weighted by Gasteiger charge is -2.03. The lowest BCUT2D eigenvalue weighted by Crippen LogP contribution is -1.88. The molecule has 0 bridgehead atoms. The van der Waals surface area contributed by atoms with Gasteiger partial charge in [-0.3, -0.25) is 0 Å². The molecule has 0 fully saturated rings. The maximum absolute atomic E-state index is 6.93. The van der Waals surface area contributed by atoms with Gasteiger partial charge in [-0.15, -0.1) is 0 Å². The van der Waals surface area contributed by atoms with Gasteiger partial charge in [-0.1, -0.05) is 69.2 Å². The maximum atomic E-state index is 6.93. The number of hydrogen-bond donors (Lipinski definition) is 0. The largest absolute Gasteiger partial charge is 0.0843 e. The molecular formula is C17H23. The summed E-state index contributed by atoms with van der Waals surface area (Å²) >= 11 is 0. The molecule has 91 valence electrons. The third kappa shape index (κ3) is 6.17. The van der Waals surface area contributed by atoms with Gasteiger partial charge in [-0.25, -0.2) is 0 Å². The summed E-state index contributed by atoms with van der Waals surface area (Å²) in [7, 11) is 0. The van der Waals surface area contributed by atoms with Crippen LogP contribution in [0.3, 0.4) is 0 Å². The topological polar surface area (TPSA) is 0 Å². The van der Waals surface area contributed by atoms with E-state index in [1.807, 2.05) is 0 Å². The Morgan fingerprint density at radius 2 is 1.47 bits per heavy atom. The Morgan fingerprint density at radius 3 is 2.12 bits per heavy atom. The molecule has 0 aromatic heterocycles. The van der Waals surface area contributed by atoms with Crippen molar-refractivity contribution >= 4 is 0 Å². The molecule has 0 N–H and O–H groups in total. The predicted molar refractivity (Wildman–Crippen MR) is 74.4 cm³/mol. The SMILES string of the molecule is [C]#CCc1ccc(CCCCCCCC)cc1. The average molecular weight is 227 g/mol. The standard InChI is InChI=1S/C17H23/c1-3-5-6-7-8-9-11-17-14-12-16(10-4-2)13-15-17/h12-15H,3,5-11H2,1H3. The summed E-state index contributed by atoms with van der Waals surface area (Å²) in [6, 6.07) is 8.62. The molecule has 0 saturated heterocycles. The lowest BCUT2D eigenvalue weighted by atomic mass is 10.0. The Balaban J connectivity index is 2.17. The fraction of sp³-hybridized carbons (Fsp3) is 0.529. The molecule has 1 aromatic carbocycles. The molecule has 1 rings (SSSR count). The van der Waals surface area contributed by atoms with Crippen LogP contribution in [0.5, 0.6) is 0 Å². The van der Waals surface area contributed by atoms with E-state index in [0.29, 0.717) is 6.42 Å². The predicted octanol–water partition coefficient (Wildman–Crippen LogP) is 4.72. The first kappa shape index (κ1) is 13.8. The third-order valence-electron chi connectivity index (χ3n) is 3.13. The van der Waals surface area contributed by atoms with E-state index in [9.17, 15) is 0 Å². The molecule has 0 unspecified atom stereocenters. The van der Waals surface area contributed by atoms with Crippen LogP contribution >= 0.6 is 0 Å². The normalized spacial score (nSPS) is 10.1. The van der Waals surface area contributed by atoms with E-state index in [1.165, 1.54) is 56.1 Å².